The molecule has 1 N–H and O–H groups in total. The minimum atomic E-state index is -0.478. The van der Waals surface area contributed by atoms with Crippen molar-refractivity contribution in [2.24, 2.45) is 5.92 Å². The smallest absolute Gasteiger partial charge is 0.251 e. The molecule has 1 heterocycles. The number of nitrogens with zero attached hydrogens (tertiary/aromatic N) is 1. The van der Waals surface area contributed by atoms with Crippen LogP contribution >= 0.6 is 0 Å². The van der Waals surface area contributed by atoms with E-state index in [9.17, 15) is 9.59 Å². The van der Waals surface area contributed by atoms with Crippen LogP contribution in [-0.4, -0.2) is 35.8 Å². The summed E-state index contributed by atoms with van der Waals surface area (Å²) in [5.41, 5.74) is 1.63. The van der Waals surface area contributed by atoms with Gasteiger partial charge in [0.25, 0.3) is 5.91 Å². The molecule has 1 aromatic rings. The Morgan fingerprint density at radius 3 is 2.75 bits per heavy atom. The molecule has 4 nitrogen and oxygen atoms in total. The summed E-state index contributed by atoms with van der Waals surface area (Å²) in [6.45, 7) is 7.42. The number of nitrogens with one attached hydrogen (secondary N) is 1. The van der Waals surface area contributed by atoms with Gasteiger partial charge in [-0.1, -0.05) is 24.6 Å². The molecule has 2 rings (SSSR count). The Kier molecular flexibility index (Phi) is 4.42. The van der Waals surface area contributed by atoms with E-state index in [-0.39, 0.29) is 11.8 Å². The zero-order valence-corrected chi connectivity index (χ0v) is 12.3. The summed E-state index contributed by atoms with van der Waals surface area (Å²) in [5, 5.41) is 2.78. The minimum Gasteiger partial charge on any atom is -0.341 e. The molecular formula is C16H22N2O2. The molecule has 0 spiro atoms. The Balaban J connectivity index is 1.95. The third-order valence-corrected chi connectivity index (χ3v) is 3.73. The first kappa shape index (κ1) is 14.6. The standard InChI is InChI=1S/C16H22N2O2/c1-11-5-4-6-14(9-11)15(19)17-13(3)16(20)18-8-7-12(2)10-18/h4-6,9,12-13H,7-8,10H2,1-3H3,(H,17,19). The summed E-state index contributed by atoms with van der Waals surface area (Å²) in [6, 6.07) is 6.89. The van der Waals surface area contributed by atoms with Crippen LogP contribution in [0.3, 0.4) is 0 Å². The lowest BCUT2D eigenvalue weighted by molar-refractivity contribution is -0.131. The maximum atomic E-state index is 12.2. The summed E-state index contributed by atoms with van der Waals surface area (Å²) in [6.07, 6.45) is 1.05. The van der Waals surface area contributed by atoms with Gasteiger partial charge < -0.3 is 10.2 Å². The molecular weight excluding hydrogens is 252 g/mol. The molecule has 2 unspecified atom stereocenters. The van der Waals surface area contributed by atoms with Gasteiger partial charge in [0.2, 0.25) is 5.91 Å². The van der Waals surface area contributed by atoms with Gasteiger partial charge in [0, 0.05) is 18.7 Å². The lowest BCUT2D eigenvalue weighted by atomic mass is 10.1. The molecule has 20 heavy (non-hydrogen) atoms. The van der Waals surface area contributed by atoms with Crippen molar-refractivity contribution in [2.75, 3.05) is 13.1 Å². The Morgan fingerprint density at radius 1 is 1.40 bits per heavy atom. The second-order valence-corrected chi connectivity index (χ2v) is 5.74. The monoisotopic (exact) mass is 274 g/mol. The largest absolute Gasteiger partial charge is 0.341 e. The third kappa shape index (κ3) is 3.38. The third-order valence-electron chi connectivity index (χ3n) is 3.73. The maximum Gasteiger partial charge on any atom is 0.251 e. The number of amides is 2. The normalized spacial score (nSPS) is 19.8. The molecule has 1 aliphatic rings. The first-order chi connectivity index (χ1) is 9.47. The number of benzene rings is 1. The first-order valence-corrected chi connectivity index (χ1v) is 7.13. The van der Waals surface area contributed by atoms with E-state index in [1.165, 1.54) is 0 Å². The van der Waals surface area contributed by atoms with Crippen LogP contribution in [-0.2, 0) is 4.79 Å². The number of aryl methyl sites for hydroxylation is 1. The maximum absolute atomic E-state index is 12.2. The van der Waals surface area contributed by atoms with Crippen LogP contribution in [0.15, 0.2) is 24.3 Å². The number of hydrogen-bond donors (Lipinski definition) is 1. The molecule has 0 bridgehead atoms. The van der Waals surface area contributed by atoms with Crippen LogP contribution in [0.5, 0.6) is 0 Å². The van der Waals surface area contributed by atoms with Gasteiger partial charge in [0.05, 0.1) is 0 Å². The zero-order valence-electron chi connectivity index (χ0n) is 12.3. The Bertz CT molecular complexity index is 513. The number of hydrogen-bond acceptors (Lipinski definition) is 2. The number of likely N-dealkylation sites (tertiary alicyclic amines) is 1. The van der Waals surface area contributed by atoms with Crippen LogP contribution in [0.1, 0.15) is 36.2 Å². The highest BCUT2D eigenvalue weighted by Gasteiger charge is 2.27. The van der Waals surface area contributed by atoms with E-state index in [1.54, 1.807) is 13.0 Å². The lowest BCUT2D eigenvalue weighted by Crippen LogP contribution is -2.46. The van der Waals surface area contributed by atoms with Gasteiger partial charge in [-0.3, -0.25) is 9.59 Å². The van der Waals surface area contributed by atoms with Crippen molar-refractivity contribution >= 4 is 11.8 Å². The van der Waals surface area contributed by atoms with Gasteiger partial charge >= 0.3 is 0 Å². The zero-order chi connectivity index (χ0) is 14.7. The predicted molar refractivity (Wildman–Crippen MR) is 78.5 cm³/mol. The molecule has 2 atom stereocenters. The quantitative estimate of drug-likeness (QED) is 0.916. The highest BCUT2D eigenvalue weighted by Crippen LogP contribution is 2.16. The van der Waals surface area contributed by atoms with Crippen molar-refractivity contribution in [1.29, 1.82) is 0 Å². The van der Waals surface area contributed by atoms with Crippen LogP contribution in [0.4, 0.5) is 0 Å². The van der Waals surface area contributed by atoms with Gasteiger partial charge in [0.1, 0.15) is 6.04 Å². The summed E-state index contributed by atoms with van der Waals surface area (Å²) < 4.78 is 0. The molecule has 0 radical (unpaired) electrons. The molecule has 0 aromatic heterocycles. The second-order valence-electron chi connectivity index (χ2n) is 5.74. The van der Waals surface area contributed by atoms with Gasteiger partial charge in [0.15, 0.2) is 0 Å². The molecule has 108 valence electrons. The van der Waals surface area contributed by atoms with Crippen molar-refractivity contribution in [2.45, 2.75) is 33.2 Å². The average molecular weight is 274 g/mol. The second kappa shape index (κ2) is 6.07. The molecule has 1 aliphatic heterocycles. The van der Waals surface area contributed by atoms with Gasteiger partial charge in [-0.2, -0.15) is 0 Å². The van der Waals surface area contributed by atoms with E-state index in [0.29, 0.717) is 11.5 Å². The van der Waals surface area contributed by atoms with E-state index in [0.717, 1.165) is 25.1 Å². The fourth-order valence-corrected chi connectivity index (χ4v) is 2.54. The summed E-state index contributed by atoms with van der Waals surface area (Å²) in [5.74, 6) is 0.371. The molecule has 2 amide bonds. The highest BCUT2D eigenvalue weighted by atomic mass is 16.2. The van der Waals surface area contributed by atoms with E-state index >= 15 is 0 Å². The molecule has 0 saturated carbocycles. The van der Waals surface area contributed by atoms with E-state index in [4.69, 9.17) is 0 Å². The lowest BCUT2D eigenvalue weighted by Gasteiger charge is -2.21. The van der Waals surface area contributed by atoms with Crippen LogP contribution in [0, 0.1) is 12.8 Å². The Hall–Kier alpha value is -1.84. The van der Waals surface area contributed by atoms with Crippen molar-refractivity contribution in [3.8, 4) is 0 Å². The SMILES string of the molecule is Cc1cccc(C(=O)NC(C)C(=O)N2CCC(C)C2)c1. The Labute approximate surface area is 120 Å². The summed E-state index contributed by atoms with van der Waals surface area (Å²) in [7, 11) is 0. The predicted octanol–water partition coefficient (Wildman–Crippen LogP) is 1.98. The van der Waals surface area contributed by atoms with Gasteiger partial charge in [-0.15, -0.1) is 0 Å². The number of carbonyl (C=O) groups is 2. The van der Waals surface area contributed by atoms with Crippen LogP contribution in [0.25, 0.3) is 0 Å². The van der Waals surface area contributed by atoms with Gasteiger partial charge in [-0.25, -0.2) is 0 Å². The van der Waals surface area contributed by atoms with Crippen LogP contribution in [0.2, 0.25) is 0 Å². The average Bonchev–Trinajstić information content (AvgIpc) is 2.84. The van der Waals surface area contributed by atoms with Crippen molar-refractivity contribution < 1.29 is 9.59 Å². The molecule has 0 aliphatic carbocycles. The van der Waals surface area contributed by atoms with E-state index in [2.05, 4.69) is 12.2 Å². The van der Waals surface area contributed by atoms with Crippen molar-refractivity contribution in [1.82, 2.24) is 10.2 Å². The van der Waals surface area contributed by atoms with Gasteiger partial charge in [-0.05, 0) is 38.3 Å². The topological polar surface area (TPSA) is 49.4 Å². The van der Waals surface area contributed by atoms with Crippen molar-refractivity contribution in [3.05, 3.63) is 35.4 Å². The Morgan fingerprint density at radius 2 is 2.15 bits per heavy atom. The highest BCUT2D eigenvalue weighted by molar-refractivity contribution is 5.97. The first-order valence-electron chi connectivity index (χ1n) is 7.13. The fourth-order valence-electron chi connectivity index (χ4n) is 2.54. The van der Waals surface area contributed by atoms with E-state index < -0.39 is 6.04 Å². The number of rotatable bonds is 3. The number of carbonyl (C=O) groups excluding carboxylic acids is 2. The van der Waals surface area contributed by atoms with Crippen LogP contribution < -0.4 is 5.32 Å². The van der Waals surface area contributed by atoms with E-state index in [1.807, 2.05) is 30.0 Å². The summed E-state index contributed by atoms with van der Waals surface area (Å²) >= 11 is 0. The molecule has 4 heteroatoms. The molecule has 1 aromatic carbocycles. The molecule has 1 fully saturated rings. The fraction of sp³-hybridized carbons (Fsp3) is 0.500. The summed E-state index contributed by atoms with van der Waals surface area (Å²) in [4.78, 5) is 26.2. The van der Waals surface area contributed by atoms with Crippen molar-refractivity contribution in [3.63, 3.8) is 0 Å². The molecule has 1 saturated heterocycles. The minimum absolute atomic E-state index is 0.00959.